The molecular weight excluding hydrogens is 330 g/mol. The summed E-state index contributed by atoms with van der Waals surface area (Å²) < 4.78 is 2.25. The average molecular weight is 348 g/mol. The van der Waals surface area contributed by atoms with E-state index in [2.05, 4.69) is 69.8 Å². The minimum atomic E-state index is 0.731. The number of rotatable bonds is 4. The van der Waals surface area contributed by atoms with Gasteiger partial charge in [-0.15, -0.1) is 0 Å². The predicted octanol–water partition coefficient (Wildman–Crippen LogP) is 5.05. The maximum Gasteiger partial charge on any atom is 0.0561 e. The topological polar surface area (TPSA) is 29.3 Å². The van der Waals surface area contributed by atoms with Crippen molar-refractivity contribution < 1.29 is 0 Å². The van der Waals surface area contributed by atoms with Crippen molar-refractivity contribution in [2.24, 2.45) is 5.10 Å². The Morgan fingerprint density at radius 3 is 2.76 bits per heavy atom. The molecule has 3 aromatic carbocycles. The fourth-order valence-electron chi connectivity index (χ4n) is 3.28. The first-order valence-corrected chi connectivity index (χ1v) is 8.59. The summed E-state index contributed by atoms with van der Waals surface area (Å²) in [6, 6.07) is 20.9. The van der Waals surface area contributed by atoms with Crippen molar-refractivity contribution in [3.05, 3.63) is 83.0 Å². The van der Waals surface area contributed by atoms with Crippen LogP contribution in [0.3, 0.4) is 0 Å². The Balaban J connectivity index is 1.85. The molecule has 0 saturated carbocycles. The molecule has 0 unspecified atom stereocenters. The van der Waals surface area contributed by atoms with Crippen LogP contribution in [0.4, 0.5) is 0 Å². The number of aromatic nitrogens is 1. The second kappa shape index (κ2) is 6.61. The van der Waals surface area contributed by atoms with E-state index in [9.17, 15) is 0 Å². The molecule has 1 N–H and O–H groups in total. The van der Waals surface area contributed by atoms with E-state index < -0.39 is 0 Å². The molecule has 0 aliphatic heterocycles. The van der Waals surface area contributed by atoms with Gasteiger partial charge in [0, 0.05) is 41.3 Å². The molecule has 4 aromatic rings. The molecule has 0 bridgehead atoms. The van der Waals surface area contributed by atoms with Gasteiger partial charge in [0.25, 0.3) is 0 Å². The lowest BCUT2D eigenvalue weighted by molar-refractivity contribution is 0.842. The van der Waals surface area contributed by atoms with Crippen LogP contribution < -0.4 is 5.43 Å². The quantitative estimate of drug-likeness (QED) is 0.406. The number of fused-ring (bicyclic) bond motifs is 2. The first-order chi connectivity index (χ1) is 12.3. The summed E-state index contributed by atoms with van der Waals surface area (Å²) in [4.78, 5) is 0. The summed E-state index contributed by atoms with van der Waals surface area (Å²) in [5.41, 5.74) is 6.30. The van der Waals surface area contributed by atoms with Gasteiger partial charge in [-0.3, -0.25) is 0 Å². The summed E-state index contributed by atoms with van der Waals surface area (Å²) >= 11 is 6.20. The maximum atomic E-state index is 6.20. The highest BCUT2D eigenvalue weighted by molar-refractivity contribution is 6.31. The number of hydrogen-bond donors (Lipinski definition) is 1. The number of halogens is 1. The SMILES string of the molecule is CN/N=C/c1cn(Cc2cccc3ccccc23)c2ccc(Cl)cc12. The number of nitrogens with one attached hydrogen (secondary N) is 1. The Hall–Kier alpha value is -2.78. The summed E-state index contributed by atoms with van der Waals surface area (Å²) in [5.74, 6) is 0. The van der Waals surface area contributed by atoms with Gasteiger partial charge >= 0.3 is 0 Å². The Morgan fingerprint density at radius 1 is 1.04 bits per heavy atom. The van der Waals surface area contributed by atoms with E-state index in [4.69, 9.17) is 11.6 Å². The molecule has 0 saturated heterocycles. The smallest absolute Gasteiger partial charge is 0.0561 e. The molecular formula is C21H18ClN3. The standard InChI is InChI=1S/C21H18ClN3/c1-23-24-12-17-14-25(21-10-9-18(22)11-20(17)21)13-16-7-4-6-15-5-2-3-8-19(15)16/h2-12,14,23H,13H2,1H3/b24-12+. The summed E-state index contributed by atoms with van der Waals surface area (Å²) in [6.45, 7) is 0.798. The van der Waals surface area contributed by atoms with Gasteiger partial charge in [-0.05, 0) is 34.5 Å². The second-order valence-corrected chi connectivity index (χ2v) is 6.43. The van der Waals surface area contributed by atoms with Crippen LogP contribution in [-0.2, 0) is 6.54 Å². The summed E-state index contributed by atoms with van der Waals surface area (Å²) in [5, 5.41) is 8.54. The number of benzene rings is 3. The lowest BCUT2D eigenvalue weighted by atomic mass is 10.0. The lowest BCUT2D eigenvalue weighted by Crippen LogP contribution is -1.99. The fraction of sp³-hybridized carbons (Fsp3) is 0.0952. The number of hydrazone groups is 1. The first-order valence-electron chi connectivity index (χ1n) is 8.21. The molecule has 124 valence electrons. The monoisotopic (exact) mass is 347 g/mol. The molecule has 1 heterocycles. The minimum Gasteiger partial charge on any atom is -0.342 e. The average Bonchev–Trinajstić information content (AvgIpc) is 2.97. The molecule has 0 radical (unpaired) electrons. The van der Waals surface area contributed by atoms with Crippen molar-refractivity contribution in [3.8, 4) is 0 Å². The predicted molar refractivity (Wildman–Crippen MR) is 107 cm³/mol. The van der Waals surface area contributed by atoms with Gasteiger partial charge in [-0.25, -0.2) is 0 Å². The second-order valence-electron chi connectivity index (χ2n) is 5.99. The van der Waals surface area contributed by atoms with Gasteiger partial charge in [0.1, 0.15) is 0 Å². The third-order valence-electron chi connectivity index (χ3n) is 4.43. The molecule has 0 amide bonds. The van der Waals surface area contributed by atoms with E-state index in [1.165, 1.54) is 16.3 Å². The zero-order chi connectivity index (χ0) is 17.2. The van der Waals surface area contributed by atoms with Crippen LogP contribution in [0, 0.1) is 0 Å². The van der Waals surface area contributed by atoms with Crippen LogP contribution in [0.2, 0.25) is 5.02 Å². The van der Waals surface area contributed by atoms with Crippen molar-refractivity contribution in [1.82, 2.24) is 9.99 Å². The highest BCUT2D eigenvalue weighted by Gasteiger charge is 2.09. The van der Waals surface area contributed by atoms with Crippen LogP contribution in [0.5, 0.6) is 0 Å². The van der Waals surface area contributed by atoms with Crippen LogP contribution in [0.25, 0.3) is 21.7 Å². The van der Waals surface area contributed by atoms with Crippen molar-refractivity contribution >= 4 is 39.5 Å². The molecule has 4 rings (SSSR count). The van der Waals surface area contributed by atoms with Gasteiger partial charge in [0.2, 0.25) is 0 Å². The molecule has 0 fully saturated rings. The molecule has 3 nitrogen and oxygen atoms in total. The number of nitrogens with zero attached hydrogens (tertiary/aromatic N) is 2. The largest absolute Gasteiger partial charge is 0.342 e. The molecule has 0 aliphatic carbocycles. The lowest BCUT2D eigenvalue weighted by Gasteiger charge is -2.09. The third-order valence-corrected chi connectivity index (χ3v) is 4.66. The molecule has 0 atom stereocenters. The molecule has 0 spiro atoms. The van der Waals surface area contributed by atoms with Crippen LogP contribution in [-0.4, -0.2) is 17.8 Å². The van der Waals surface area contributed by atoms with Gasteiger partial charge < -0.3 is 9.99 Å². The van der Waals surface area contributed by atoms with E-state index in [1.54, 1.807) is 7.05 Å². The Labute approximate surface area is 151 Å². The zero-order valence-electron chi connectivity index (χ0n) is 13.9. The van der Waals surface area contributed by atoms with E-state index in [1.807, 2.05) is 18.3 Å². The molecule has 0 aliphatic rings. The zero-order valence-corrected chi connectivity index (χ0v) is 14.7. The minimum absolute atomic E-state index is 0.731. The van der Waals surface area contributed by atoms with Crippen molar-refractivity contribution in [3.63, 3.8) is 0 Å². The normalized spacial score (nSPS) is 11.6. The molecule has 1 aromatic heterocycles. The molecule has 4 heteroatoms. The Morgan fingerprint density at radius 2 is 1.88 bits per heavy atom. The summed E-state index contributed by atoms with van der Waals surface area (Å²) in [7, 11) is 1.79. The molecule has 25 heavy (non-hydrogen) atoms. The first kappa shape index (κ1) is 15.7. The van der Waals surface area contributed by atoms with Gasteiger partial charge in [0.15, 0.2) is 0 Å². The fourth-order valence-corrected chi connectivity index (χ4v) is 3.45. The maximum absolute atomic E-state index is 6.20. The highest BCUT2D eigenvalue weighted by atomic mass is 35.5. The van der Waals surface area contributed by atoms with E-state index >= 15 is 0 Å². The van der Waals surface area contributed by atoms with Gasteiger partial charge in [-0.1, -0.05) is 54.1 Å². The Bertz CT molecular complexity index is 1070. The van der Waals surface area contributed by atoms with E-state index in [0.29, 0.717) is 0 Å². The van der Waals surface area contributed by atoms with E-state index in [-0.39, 0.29) is 0 Å². The van der Waals surface area contributed by atoms with Gasteiger partial charge in [0.05, 0.1) is 6.21 Å². The van der Waals surface area contributed by atoms with Crippen LogP contribution in [0.1, 0.15) is 11.1 Å². The van der Waals surface area contributed by atoms with Crippen LogP contribution >= 0.6 is 11.6 Å². The van der Waals surface area contributed by atoms with Crippen molar-refractivity contribution in [2.75, 3.05) is 7.05 Å². The van der Waals surface area contributed by atoms with Crippen LogP contribution in [0.15, 0.2) is 72.0 Å². The third kappa shape index (κ3) is 2.99. The van der Waals surface area contributed by atoms with E-state index in [0.717, 1.165) is 28.0 Å². The van der Waals surface area contributed by atoms with Gasteiger partial charge in [-0.2, -0.15) is 5.10 Å². The Kier molecular flexibility index (Phi) is 4.16. The number of hydrogen-bond acceptors (Lipinski definition) is 2. The van der Waals surface area contributed by atoms with Crippen molar-refractivity contribution in [1.29, 1.82) is 0 Å². The highest BCUT2D eigenvalue weighted by Crippen LogP contribution is 2.26. The summed E-state index contributed by atoms with van der Waals surface area (Å²) in [6.07, 6.45) is 3.96. The van der Waals surface area contributed by atoms with Crippen molar-refractivity contribution in [2.45, 2.75) is 6.54 Å².